The maximum atomic E-state index is 5.89. The number of nitrogens with zero attached hydrogens (tertiary/aromatic N) is 2. The molecule has 0 saturated heterocycles. The molecule has 0 aliphatic rings. The third kappa shape index (κ3) is 4.49. The van der Waals surface area contributed by atoms with Gasteiger partial charge in [0.2, 0.25) is 0 Å². The molecule has 0 aliphatic heterocycles. The molecule has 1 heterocycles. The maximum absolute atomic E-state index is 5.89. The molecule has 0 aliphatic carbocycles. The molecule has 0 atom stereocenters. The Balaban J connectivity index is 1.70. The number of aromatic nitrogens is 2. The zero-order valence-electron chi connectivity index (χ0n) is 13.9. The highest BCUT2D eigenvalue weighted by Gasteiger charge is 2.12. The fourth-order valence-electron chi connectivity index (χ4n) is 2.47. The van der Waals surface area contributed by atoms with Crippen LogP contribution in [-0.4, -0.2) is 9.55 Å². The van der Waals surface area contributed by atoms with Gasteiger partial charge in [0.1, 0.15) is 11.8 Å². The summed E-state index contributed by atoms with van der Waals surface area (Å²) in [5.74, 6) is 0. The van der Waals surface area contributed by atoms with Gasteiger partial charge in [0.05, 0.1) is 18.6 Å². The lowest BCUT2D eigenvalue weighted by Crippen LogP contribution is -2.03. The quantitative estimate of drug-likeness (QED) is 0.567. The molecule has 0 N–H and O–H groups in total. The number of benzene rings is 2. The second-order valence-corrected chi connectivity index (χ2v) is 6.66. The van der Waals surface area contributed by atoms with Crippen molar-refractivity contribution in [3.8, 4) is 0 Å². The molecule has 3 nitrogen and oxygen atoms in total. The Bertz CT molecular complexity index is 741. The van der Waals surface area contributed by atoms with Crippen molar-refractivity contribution in [3.05, 3.63) is 78.2 Å². The van der Waals surface area contributed by atoms with Crippen molar-refractivity contribution in [2.45, 2.75) is 43.0 Å². The van der Waals surface area contributed by atoms with E-state index >= 15 is 0 Å². The summed E-state index contributed by atoms with van der Waals surface area (Å²) in [6.45, 7) is 3.31. The van der Waals surface area contributed by atoms with Gasteiger partial charge in [0.15, 0.2) is 0 Å². The Labute approximate surface area is 147 Å². The Hall–Kier alpha value is -2.04. The van der Waals surface area contributed by atoms with E-state index in [-0.39, 0.29) is 0 Å². The van der Waals surface area contributed by atoms with E-state index in [4.69, 9.17) is 4.74 Å². The van der Waals surface area contributed by atoms with Gasteiger partial charge >= 0.3 is 0 Å². The van der Waals surface area contributed by atoms with Crippen LogP contribution in [0.1, 0.15) is 24.6 Å². The van der Waals surface area contributed by atoms with Crippen molar-refractivity contribution in [2.24, 2.45) is 0 Å². The van der Waals surface area contributed by atoms with Gasteiger partial charge in [-0.15, -0.1) is 0 Å². The topological polar surface area (TPSA) is 27.1 Å². The van der Waals surface area contributed by atoms with Crippen molar-refractivity contribution in [2.75, 3.05) is 0 Å². The molecule has 124 valence electrons. The fraction of sp³-hybridized carbons (Fsp3) is 0.250. The Morgan fingerprint density at radius 1 is 1.00 bits per heavy atom. The zero-order valence-corrected chi connectivity index (χ0v) is 14.7. The second-order valence-electron chi connectivity index (χ2n) is 5.59. The van der Waals surface area contributed by atoms with Crippen LogP contribution < -0.4 is 0 Å². The summed E-state index contributed by atoms with van der Waals surface area (Å²) in [4.78, 5) is 5.81. The van der Waals surface area contributed by atoms with E-state index in [0.717, 1.165) is 18.5 Å². The Morgan fingerprint density at radius 2 is 1.71 bits per heavy atom. The van der Waals surface area contributed by atoms with Gasteiger partial charge < -0.3 is 9.30 Å². The molecule has 0 spiro atoms. The van der Waals surface area contributed by atoms with Crippen molar-refractivity contribution in [1.29, 1.82) is 0 Å². The predicted molar refractivity (Wildman–Crippen MR) is 98.0 cm³/mol. The first kappa shape index (κ1) is 16.8. The van der Waals surface area contributed by atoms with Crippen LogP contribution in [0.2, 0.25) is 0 Å². The third-order valence-electron chi connectivity index (χ3n) is 3.65. The standard InChI is InChI=1S/C20H22N2OS/c1-2-9-19-20(24-18-12-7-4-8-13-18)22(15-21-19)16-23-14-17-10-5-3-6-11-17/h3-8,10-13,15H,2,9,14,16H2,1H3. The highest BCUT2D eigenvalue weighted by atomic mass is 32.2. The molecule has 0 saturated carbocycles. The molecule has 3 rings (SSSR count). The highest BCUT2D eigenvalue weighted by molar-refractivity contribution is 7.99. The molecule has 0 fully saturated rings. The minimum atomic E-state index is 0.515. The van der Waals surface area contributed by atoms with Gasteiger partial charge in [0, 0.05) is 4.90 Å². The molecule has 4 heteroatoms. The smallest absolute Gasteiger partial charge is 0.125 e. The zero-order chi connectivity index (χ0) is 16.6. The number of hydrogen-bond acceptors (Lipinski definition) is 3. The summed E-state index contributed by atoms with van der Waals surface area (Å²) >= 11 is 1.75. The van der Waals surface area contributed by atoms with Crippen molar-refractivity contribution >= 4 is 11.8 Å². The molecule has 2 aromatic carbocycles. The lowest BCUT2D eigenvalue weighted by Gasteiger charge is -2.10. The summed E-state index contributed by atoms with van der Waals surface area (Å²) in [7, 11) is 0. The van der Waals surface area contributed by atoms with Crippen molar-refractivity contribution in [3.63, 3.8) is 0 Å². The number of hydrogen-bond donors (Lipinski definition) is 0. The van der Waals surface area contributed by atoms with E-state index in [2.05, 4.69) is 52.9 Å². The Kier molecular flexibility index (Phi) is 6.10. The molecule has 3 aromatic rings. The number of rotatable bonds is 8. The van der Waals surface area contributed by atoms with E-state index in [1.54, 1.807) is 11.8 Å². The van der Waals surface area contributed by atoms with Crippen molar-refractivity contribution in [1.82, 2.24) is 9.55 Å². The number of imidazole rings is 1. The van der Waals surface area contributed by atoms with E-state index in [1.165, 1.54) is 15.5 Å². The lowest BCUT2D eigenvalue weighted by atomic mass is 10.2. The van der Waals surface area contributed by atoms with Crippen molar-refractivity contribution < 1.29 is 4.74 Å². The first-order valence-corrected chi connectivity index (χ1v) is 9.07. The van der Waals surface area contributed by atoms with Crippen LogP contribution in [0.15, 0.2) is 76.9 Å². The molecule has 0 amide bonds. The molecular formula is C20H22N2OS. The van der Waals surface area contributed by atoms with E-state index in [1.807, 2.05) is 30.6 Å². The number of aryl methyl sites for hydroxylation is 1. The van der Waals surface area contributed by atoms with E-state index < -0.39 is 0 Å². The molecule has 0 radical (unpaired) electrons. The highest BCUT2D eigenvalue weighted by Crippen LogP contribution is 2.30. The Morgan fingerprint density at radius 3 is 2.42 bits per heavy atom. The molecule has 0 bridgehead atoms. The summed E-state index contributed by atoms with van der Waals surface area (Å²) in [5.41, 5.74) is 2.33. The van der Waals surface area contributed by atoms with Gasteiger partial charge in [-0.3, -0.25) is 0 Å². The largest absolute Gasteiger partial charge is 0.356 e. The van der Waals surface area contributed by atoms with Crippen LogP contribution >= 0.6 is 11.8 Å². The minimum Gasteiger partial charge on any atom is -0.356 e. The summed E-state index contributed by atoms with van der Waals surface area (Å²) in [5, 5.41) is 1.18. The monoisotopic (exact) mass is 338 g/mol. The second kappa shape index (κ2) is 8.71. The first-order chi connectivity index (χ1) is 11.9. The van der Waals surface area contributed by atoms with E-state index in [0.29, 0.717) is 13.3 Å². The summed E-state index contributed by atoms with van der Waals surface area (Å²) in [6.07, 6.45) is 3.96. The molecule has 1 aromatic heterocycles. The van der Waals surface area contributed by atoms with Gasteiger partial charge in [-0.05, 0) is 24.1 Å². The lowest BCUT2D eigenvalue weighted by molar-refractivity contribution is 0.0590. The molecular weight excluding hydrogens is 316 g/mol. The van der Waals surface area contributed by atoms with E-state index in [9.17, 15) is 0 Å². The minimum absolute atomic E-state index is 0.515. The summed E-state index contributed by atoms with van der Waals surface area (Å²) < 4.78 is 7.99. The number of ether oxygens (including phenoxy) is 1. The van der Waals surface area contributed by atoms with Crippen LogP contribution in [-0.2, 0) is 24.5 Å². The first-order valence-electron chi connectivity index (χ1n) is 8.25. The average Bonchev–Trinajstić information content (AvgIpc) is 2.99. The molecule has 0 unspecified atom stereocenters. The fourth-order valence-corrected chi connectivity index (χ4v) is 3.47. The normalized spacial score (nSPS) is 10.9. The van der Waals surface area contributed by atoms with Gasteiger partial charge in [0.25, 0.3) is 0 Å². The van der Waals surface area contributed by atoms with Gasteiger partial charge in [-0.1, -0.05) is 73.6 Å². The maximum Gasteiger partial charge on any atom is 0.125 e. The van der Waals surface area contributed by atoms with Gasteiger partial charge in [-0.2, -0.15) is 0 Å². The third-order valence-corrected chi connectivity index (χ3v) is 4.82. The summed E-state index contributed by atoms with van der Waals surface area (Å²) in [6, 6.07) is 20.7. The van der Waals surface area contributed by atoms with Gasteiger partial charge in [-0.25, -0.2) is 4.98 Å². The predicted octanol–water partition coefficient (Wildman–Crippen LogP) is 5.16. The van der Waals surface area contributed by atoms with Crippen LogP contribution in [0.3, 0.4) is 0 Å². The van der Waals surface area contributed by atoms with Crippen LogP contribution in [0.4, 0.5) is 0 Å². The van der Waals surface area contributed by atoms with Crippen LogP contribution in [0.5, 0.6) is 0 Å². The van der Waals surface area contributed by atoms with Crippen LogP contribution in [0.25, 0.3) is 0 Å². The average molecular weight is 338 g/mol. The van der Waals surface area contributed by atoms with Crippen LogP contribution in [0, 0.1) is 0 Å². The molecule has 24 heavy (non-hydrogen) atoms. The SMILES string of the molecule is CCCc1ncn(COCc2ccccc2)c1Sc1ccccc1.